The number of para-hydroxylation sites is 1. The number of fused-ring (bicyclic) bond motifs is 1. The van der Waals surface area contributed by atoms with Crippen LogP contribution in [-0.4, -0.2) is 35.6 Å². The summed E-state index contributed by atoms with van der Waals surface area (Å²) >= 11 is 11.4. The van der Waals surface area contributed by atoms with E-state index in [4.69, 9.17) is 28.6 Å². The number of nitrogens with one attached hydrogen (secondary N) is 2. The molecule has 126 valence electrons. The Hall–Kier alpha value is -1.76. The molecule has 2 N–H and O–H groups in total. The first-order valence-electron chi connectivity index (χ1n) is 7.88. The molecular formula is C17H19ClN4OS. The van der Waals surface area contributed by atoms with E-state index in [2.05, 4.69) is 20.8 Å². The van der Waals surface area contributed by atoms with Crippen molar-refractivity contribution in [3.05, 3.63) is 40.5 Å². The zero-order chi connectivity index (χ0) is 16.9. The maximum atomic E-state index is 6.24. The van der Waals surface area contributed by atoms with Crippen molar-refractivity contribution < 1.29 is 4.74 Å². The van der Waals surface area contributed by atoms with E-state index in [0.717, 1.165) is 41.5 Å². The Kier molecular flexibility index (Phi) is 5.60. The van der Waals surface area contributed by atoms with Gasteiger partial charge in [-0.3, -0.25) is 5.43 Å². The van der Waals surface area contributed by atoms with Crippen LogP contribution in [0, 0.1) is 6.92 Å². The molecule has 0 aliphatic carbocycles. The predicted octanol–water partition coefficient (Wildman–Crippen LogP) is 3.17. The van der Waals surface area contributed by atoms with Gasteiger partial charge in [-0.1, -0.05) is 29.8 Å². The van der Waals surface area contributed by atoms with E-state index in [-0.39, 0.29) is 6.10 Å². The summed E-state index contributed by atoms with van der Waals surface area (Å²) < 4.78 is 5.53. The fraction of sp³-hybridized carbons (Fsp3) is 0.353. The summed E-state index contributed by atoms with van der Waals surface area (Å²) in [4.78, 5) is 4.44. The molecule has 1 aliphatic heterocycles. The second kappa shape index (κ2) is 7.88. The van der Waals surface area contributed by atoms with Gasteiger partial charge in [0.15, 0.2) is 5.11 Å². The topological polar surface area (TPSA) is 58.5 Å². The summed E-state index contributed by atoms with van der Waals surface area (Å²) in [6.45, 7) is 3.54. The van der Waals surface area contributed by atoms with Crippen molar-refractivity contribution in [3.8, 4) is 0 Å². The minimum absolute atomic E-state index is 0.233. The molecule has 5 nitrogen and oxygen atoms in total. The Bertz CT molecular complexity index is 775. The first-order valence-corrected chi connectivity index (χ1v) is 8.66. The van der Waals surface area contributed by atoms with Crippen LogP contribution in [0.2, 0.25) is 5.15 Å². The van der Waals surface area contributed by atoms with Crippen molar-refractivity contribution in [1.82, 2.24) is 15.7 Å². The van der Waals surface area contributed by atoms with E-state index >= 15 is 0 Å². The molecule has 0 saturated carbocycles. The predicted molar refractivity (Wildman–Crippen MR) is 102 cm³/mol. The smallest absolute Gasteiger partial charge is 0.187 e. The normalized spacial score (nSPS) is 17.5. The number of benzene rings is 1. The Balaban J connectivity index is 1.60. The lowest BCUT2D eigenvalue weighted by atomic mass is 10.1. The first-order chi connectivity index (χ1) is 11.6. The minimum atomic E-state index is 0.233. The molecule has 1 aliphatic rings. The van der Waals surface area contributed by atoms with Crippen molar-refractivity contribution >= 4 is 46.0 Å². The van der Waals surface area contributed by atoms with Crippen molar-refractivity contribution in [3.63, 3.8) is 0 Å². The monoisotopic (exact) mass is 362 g/mol. The van der Waals surface area contributed by atoms with Gasteiger partial charge in [0.05, 0.1) is 17.8 Å². The summed E-state index contributed by atoms with van der Waals surface area (Å²) in [5, 5.41) is 9.13. The Morgan fingerprint density at radius 1 is 1.54 bits per heavy atom. The summed E-state index contributed by atoms with van der Waals surface area (Å²) in [6.07, 6.45) is 4.03. The van der Waals surface area contributed by atoms with Gasteiger partial charge in [0.1, 0.15) is 5.15 Å². The van der Waals surface area contributed by atoms with E-state index in [1.165, 1.54) is 0 Å². The molecule has 24 heavy (non-hydrogen) atoms. The number of aryl methyl sites for hydroxylation is 1. The Morgan fingerprint density at radius 3 is 3.21 bits per heavy atom. The minimum Gasteiger partial charge on any atom is -0.376 e. The van der Waals surface area contributed by atoms with Gasteiger partial charge in [0, 0.05) is 24.1 Å². The largest absolute Gasteiger partial charge is 0.376 e. The average Bonchev–Trinajstić information content (AvgIpc) is 3.08. The van der Waals surface area contributed by atoms with Crippen LogP contribution in [0.1, 0.15) is 24.0 Å². The summed E-state index contributed by atoms with van der Waals surface area (Å²) in [5.41, 5.74) is 5.53. The average molecular weight is 363 g/mol. The standard InChI is InChI=1S/C17H19ClN4OS/c1-11-4-2-5-12-8-13(16(18)21-15(11)12)9-20-22-17(24)19-10-14-6-3-7-23-14/h2,4-5,8-9,14H,3,6-7,10H2,1H3,(H2,19,22,24)/b20-9-/t14-/m1/s1. The fourth-order valence-corrected chi connectivity index (χ4v) is 2.97. The molecule has 3 rings (SSSR count). The number of aromatic nitrogens is 1. The van der Waals surface area contributed by atoms with Gasteiger partial charge in [-0.25, -0.2) is 4.98 Å². The van der Waals surface area contributed by atoms with E-state index in [1.54, 1.807) is 6.21 Å². The quantitative estimate of drug-likeness (QED) is 0.378. The second-order valence-corrected chi connectivity index (χ2v) is 6.50. The lowest BCUT2D eigenvalue weighted by molar-refractivity contribution is 0.114. The van der Waals surface area contributed by atoms with E-state index in [0.29, 0.717) is 16.8 Å². The molecule has 1 fully saturated rings. The summed E-state index contributed by atoms with van der Waals surface area (Å²) in [5.74, 6) is 0. The van der Waals surface area contributed by atoms with Gasteiger partial charge in [0.2, 0.25) is 0 Å². The molecule has 7 heteroatoms. The van der Waals surface area contributed by atoms with Crippen molar-refractivity contribution in [1.29, 1.82) is 0 Å². The fourth-order valence-electron chi connectivity index (χ4n) is 2.64. The number of hydrogen-bond acceptors (Lipinski definition) is 4. The van der Waals surface area contributed by atoms with Crippen LogP contribution >= 0.6 is 23.8 Å². The molecule has 0 amide bonds. The Labute approximate surface area is 151 Å². The molecule has 0 bridgehead atoms. The first kappa shape index (κ1) is 17.1. The summed E-state index contributed by atoms with van der Waals surface area (Å²) in [6, 6.07) is 7.98. The molecule has 1 atom stereocenters. The molecule has 2 heterocycles. The van der Waals surface area contributed by atoms with Crippen LogP contribution < -0.4 is 10.7 Å². The van der Waals surface area contributed by atoms with Gasteiger partial charge < -0.3 is 10.1 Å². The van der Waals surface area contributed by atoms with E-state index in [9.17, 15) is 0 Å². The number of nitrogens with zero attached hydrogens (tertiary/aromatic N) is 2. The molecule has 0 radical (unpaired) electrons. The van der Waals surface area contributed by atoms with Crippen LogP contribution in [0.3, 0.4) is 0 Å². The van der Waals surface area contributed by atoms with Crippen LogP contribution in [0.15, 0.2) is 29.4 Å². The molecular weight excluding hydrogens is 344 g/mol. The Morgan fingerprint density at radius 2 is 2.42 bits per heavy atom. The number of hydrogen-bond donors (Lipinski definition) is 2. The highest BCUT2D eigenvalue weighted by molar-refractivity contribution is 7.80. The van der Waals surface area contributed by atoms with E-state index in [1.807, 2.05) is 31.2 Å². The van der Waals surface area contributed by atoms with Gasteiger partial charge in [-0.2, -0.15) is 5.10 Å². The van der Waals surface area contributed by atoms with Crippen LogP contribution in [0.5, 0.6) is 0 Å². The van der Waals surface area contributed by atoms with Crippen molar-refractivity contribution in [2.75, 3.05) is 13.2 Å². The van der Waals surface area contributed by atoms with Crippen LogP contribution in [0.25, 0.3) is 10.9 Å². The maximum absolute atomic E-state index is 6.24. The number of pyridine rings is 1. The lowest BCUT2D eigenvalue weighted by Gasteiger charge is -2.11. The number of rotatable bonds is 4. The van der Waals surface area contributed by atoms with Gasteiger partial charge in [-0.15, -0.1) is 0 Å². The second-order valence-electron chi connectivity index (χ2n) is 5.73. The molecule has 0 spiro atoms. The number of ether oxygens (including phenoxy) is 1. The highest BCUT2D eigenvalue weighted by Gasteiger charge is 2.15. The van der Waals surface area contributed by atoms with Crippen LogP contribution in [-0.2, 0) is 4.74 Å². The van der Waals surface area contributed by atoms with Crippen LogP contribution in [0.4, 0.5) is 0 Å². The SMILES string of the molecule is Cc1cccc2cc(/C=N\NC(=S)NC[C@H]3CCCO3)c(Cl)nc12. The maximum Gasteiger partial charge on any atom is 0.187 e. The zero-order valence-corrected chi connectivity index (χ0v) is 15.0. The molecule has 0 unspecified atom stereocenters. The number of halogens is 1. The number of hydrazone groups is 1. The highest BCUT2D eigenvalue weighted by Crippen LogP contribution is 2.21. The van der Waals surface area contributed by atoms with Gasteiger partial charge in [-0.05, 0) is 43.6 Å². The molecule has 1 aromatic carbocycles. The molecule has 2 aromatic rings. The third kappa shape index (κ3) is 4.20. The van der Waals surface area contributed by atoms with Crippen molar-refractivity contribution in [2.24, 2.45) is 5.10 Å². The molecule has 1 saturated heterocycles. The lowest BCUT2D eigenvalue weighted by Crippen LogP contribution is -2.37. The zero-order valence-electron chi connectivity index (χ0n) is 13.4. The van der Waals surface area contributed by atoms with Crippen molar-refractivity contribution in [2.45, 2.75) is 25.9 Å². The third-order valence-corrected chi connectivity index (χ3v) is 4.45. The van der Waals surface area contributed by atoms with E-state index < -0.39 is 0 Å². The van der Waals surface area contributed by atoms with Gasteiger partial charge in [0.25, 0.3) is 0 Å². The molecule has 1 aromatic heterocycles. The number of thiocarbonyl (C=S) groups is 1. The highest BCUT2D eigenvalue weighted by atomic mass is 35.5. The van der Waals surface area contributed by atoms with Gasteiger partial charge >= 0.3 is 0 Å². The summed E-state index contributed by atoms with van der Waals surface area (Å²) in [7, 11) is 0. The third-order valence-electron chi connectivity index (χ3n) is 3.91.